The molecule has 1 amide bonds. The zero-order valence-corrected chi connectivity index (χ0v) is 21.9. The van der Waals surface area contributed by atoms with Crippen LogP contribution in [0.25, 0.3) is 0 Å². The third-order valence-corrected chi connectivity index (χ3v) is 5.27. The number of hydrogen-bond acceptors (Lipinski definition) is 4. The number of nitrogens with one attached hydrogen (secondary N) is 3. The third-order valence-electron chi connectivity index (χ3n) is 5.27. The average molecular weight is 546 g/mol. The van der Waals surface area contributed by atoms with E-state index in [0.717, 1.165) is 56.6 Å². The maximum Gasteiger partial charge on any atom is 0.226 e. The van der Waals surface area contributed by atoms with E-state index in [9.17, 15) is 4.79 Å². The first kappa shape index (κ1) is 27.6. The Hall–Kier alpha value is -1.39. The van der Waals surface area contributed by atoms with Crippen LogP contribution in [0.1, 0.15) is 40.2 Å². The highest BCUT2D eigenvalue weighted by atomic mass is 127. The highest BCUT2D eigenvalue weighted by Gasteiger charge is 2.23. The van der Waals surface area contributed by atoms with E-state index < -0.39 is 0 Å². The summed E-state index contributed by atoms with van der Waals surface area (Å²) in [5.41, 5.74) is 1.92. The van der Waals surface area contributed by atoms with Gasteiger partial charge in [0, 0.05) is 43.8 Å². The smallest absolute Gasteiger partial charge is 0.226 e. The molecule has 0 radical (unpaired) electrons. The lowest BCUT2D eigenvalue weighted by Crippen LogP contribution is -2.52. The van der Waals surface area contributed by atoms with Gasteiger partial charge in [-0.3, -0.25) is 9.69 Å². The predicted molar refractivity (Wildman–Crippen MR) is 139 cm³/mol. The van der Waals surface area contributed by atoms with Crippen molar-refractivity contribution in [3.8, 4) is 0 Å². The normalized spacial score (nSPS) is 16.0. The topological polar surface area (TPSA) is 78.0 Å². The molecular formula is C23H40IN5O2. The zero-order valence-electron chi connectivity index (χ0n) is 19.6. The molecule has 8 heteroatoms. The molecule has 1 aromatic rings. The van der Waals surface area contributed by atoms with E-state index in [4.69, 9.17) is 9.73 Å². The summed E-state index contributed by atoms with van der Waals surface area (Å²) in [5, 5.41) is 9.77. The van der Waals surface area contributed by atoms with Crippen LogP contribution in [0, 0.1) is 11.8 Å². The van der Waals surface area contributed by atoms with Gasteiger partial charge in [-0.05, 0) is 30.5 Å². The van der Waals surface area contributed by atoms with Crippen molar-refractivity contribution in [2.24, 2.45) is 16.8 Å². The molecule has 1 heterocycles. The number of benzene rings is 1. The van der Waals surface area contributed by atoms with Crippen molar-refractivity contribution in [1.29, 1.82) is 0 Å². The van der Waals surface area contributed by atoms with E-state index in [-0.39, 0.29) is 35.8 Å². The fourth-order valence-corrected chi connectivity index (χ4v) is 3.39. The number of hydrogen-bond donors (Lipinski definition) is 3. The second-order valence-electron chi connectivity index (χ2n) is 8.38. The van der Waals surface area contributed by atoms with Gasteiger partial charge in [0.1, 0.15) is 0 Å². The number of carbonyl (C=O) groups is 1. The number of anilines is 1. The molecule has 7 nitrogen and oxygen atoms in total. The third kappa shape index (κ3) is 9.74. The molecule has 1 fully saturated rings. The van der Waals surface area contributed by atoms with Gasteiger partial charge in [0.05, 0.1) is 19.8 Å². The van der Waals surface area contributed by atoms with E-state index in [1.54, 1.807) is 0 Å². The molecule has 0 bridgehead atoms. The standard InChI is InChI=1S/C23H39N5O2.HI/c1-6-24-23(26-16-21(17(2)3)28-11-13-30-14-12-28)25-15-19-7-9-20(10-8-19)27-22(29)18(4)5;/h7-10,17-18,21H,6,11-16H2,1-5H3,(H,27,29)(H2,24,25,26);1H. The van der Waals surface area contributed by atoms with Crippen LogP contribution >= 0.6 is 24.0 Å². The molecule has 2 rings (SSSR count). The second kappa shape index (κ2) is 14.6. The van der Waals surface area contributed by atoms with Crippen molar-refractivity contribution in [3.63, 3.8) is 0 Å². The van der Waals surface area contributed by atoms with Crippen molar-refractivity contribution < 1.29 is 9.53 Å². The Balaban J connectivity index is 0.00000480. The van der Waals surface area contributed by atoms with E-state index >= 15 is 0 Å². The first-order valence-corrected chi connectivity index (χ1v) is 11.1. The minimum atomic E-state index is -0.0323. The number of ether oxygens (including phenoxy) is 1. The Morgan fingerprint density at radius 3 is 2.29 bits per heavy atom. The van der Waals surface area contributed by atoms with Gasteiger partial charge >= 0.3 is 0 Å². The van der Waals surface area contributed by atoms with Crippen molar-refractivity contribution in [3.05, 3.63) is 29.8 Å². The molecule has 1 aliphatic heterocycles. The van der Waals surface area contributed by atoms with Gasteiger partial charge in [-0.1, -0.05) is 39.8 Å². The van der Waals surface area contributed by atoms with Gasteiger partial charge in [-0.25, -0.2) is 4.99 Å². The zero-order chi connectivity index (χ0) is 21.9. The number of halogens is 1. The van der Waals surface area contributed by atoms with Gasteiger partial charge < -0.3 is 20.7 Å². The Kier molecular flexibility index (Phi) is 13.0. The Labute approximate surface area is 204 Å². The summed E-state index contributed by atoms with van der Waals surface area (Å²) >= 11 is 0. The largest absolute Gasteiger partial charge is 0.379 e. The molecule has 1 atom stereocenters. The number of amides is 1. The fourth-order valence-electron chi connectivity index (χ4n) is 3.39. The van der Waals surface area contributed by atoms with Crippen LogP contribution in [-0.4, -0.2) is 62.2 Å². The molecule has 1 aliphatic rings. The monoisotopic (exact) mass is 545 g/mol. The van der Waals surface area contributed by atoms with Gasteiger partial charge in [0.25, 0.3) is 0 Å². The molecule has 0 saturated carbocycles. The lowest BCUT2D eigenvalue weighted by molar-refractivity contribution is -0.118. The molecular weight excluding hydrogens is 505 g/mol. The van der Waals surface area contributed by atoms with Crippen LogP contribution in [0.15, 0.2) is 29.3 Å². The molecule has 31 heavy (non-hydrogen) atoms. The Bertz CT molecular complexity index is 673. The predicted octanol–water partition coefficient (Wildman–Crippen LogP) is 3.31. The van der Waals surface area contributed by atoms with E-state index in [2.05, 4.69) is 41.6 Å². The number of guanidine groups is 1. The number of aliphatic imine (C=N–C) groups is 1. The van der Waals surface area contributed by atoms with Gasteiger partial charge in [-0.2, -0.15) is 0 Å². The second-order valence-corrected chi connectivity index (χ2v) is 8.38. The molecule has 1 aromatic carbocycles. The highest BCUT2D eigenvalue weighted by molar-refractivity contribution is 14.0. The number of morpholine rings is 1. The lowest BCUT2D eigenvalue weighted by Gasteiger charge is -2.37. The van der Waals surface area contributed by atoms with E-state index in [0.29, 0.717) is 18.5 Å². The number of carbonyl (C=O) groups excluding carboxylic acids is 1. The fraction of sp³-hybridized carbons (Fsp3) is 0.652. The molecule has 0 aromatic heterocycles. The Morgan fingerprint density at radius 1 is 1.10 bits per heavy atom. The van der Waals surface area contributed by atoms with Crippen LogP contribution < -0.4 is 16.0 Å². The van der Waals surface area contributed by atoms with Crippen molar-refractivity contribution in [2.75, 3.05) is 44.7 Å². The quantitative estimate of drug-likeness (QED) is 0.252. The molecule has 1 saturated heterocycles. The highest BCUT2D eigenvalue weighted by Crippen LogP contribution is 2.13. The average Bonchev–Trinajstić information content (AvgIpc) is 2.73. The summed E-state index contributed by atoms with van der Waals surface area (Å²) in [6.07, 6.45) is 0. The van der Waals surface area contributed by atoms with Gasteiger partial charge in [0.2, 0.25) is 5.91 Å². The summed E-state index contributed by atoms with van der Waals surface area (Å²) in [5.74, 6) is 1.37. The first-order valence-electron chi connectivity index (χ1n) is 11.1. The molecule has 1 unspecified atom stereocenters. The molecule has 176 valence electrons. The van der Waals surface area contributed by atoms with Crippen molar-refractivity contribution in [2.45, 2.75) is 47.2 Å². The maximum absolute atomic E-state index is 11.8. The van der Waals surface area contributed by atoms with Crippen LogP contribution in [-0.2, 0) is 16.1 Å². The van der Waals surface area contributed by atoms with Gasteiger partial charge in [-0.15, -0.1) is 24.0 Å². The summed E-state index contributed by atoms with van der Waals surface area (Å²) in [4.78, 5) is 19.1. The van der Waals surface area contributed by atoms with Gasteiger partial charge in [0.15, 0.2) is 5.96 Å². The number of nitrogens with zero attached hydrogens (tertiary/aromatic N) is 2. The van der Waals surface area contributed by atoms with Crippen molar-refractivity contribution in [1.82, 2.24) is 15.5 Å². The lowest BCUT2D eigenvalue weighted by atomic mass is 10.0. The van der Waals surface area contributed by atoms with Crippen LogP contribution in [0.2, 0.25) is 0 Å². The van der Waals surface area contributed by atoms with Crippen LogP contribution in [0.3, 0.4) is 0 Å². The molecule has 3 N–H and O–H groups in total. The summed E-state index contributed by atoms with van der Waals surface area (Å²) in [6, 6.07) is 8.32. The van der Waals surface area contributed by atoms with E-state index in [1.165, 1.54) is 0 Å². The van der Waals surface area contributed by atoms with Crippen LogP contribution in [0.5, 0.6) is 0 Å². The molecule has 0 spiro atoms. The summed E-state index contributed by atoms with van der Waals surface area (Å²) in [6.45, 7) is 16.2. The minimum Gasteiger partial charge on any atom is -0.379 e. The van der Waals surface area contributed by atoms with Crippen molar-refractivity contribution >= 4 is 41.5 Å². The Morgan fingerprint density at radius 2 is 1.74 bits per heavy atom. The number of rotatable bonds is 9. The first-order chi connectivity index (χ1) is 14.4. The summed E-state index contributed by atoms with van der Waals surface area (Å²) in [7, 11) is 0. The molecule has 0 aliphatic carbocycles. The van der Waals surface area contributed by atoms with Crippen LogP contribution in [0.4, 0.5) is 5.69 Å². The van der Waals surface area contributed by atoms with E-state index in [1.807, 2.05) is 38.1 Å². The SMILES string of the molecule is CCNC(=NCc1ccc(NC(=O)C(C)C)cc1)NCC(C(C)C)N1CCOCC1.I. The summed E-state index contributed by atoms with van der Waals surface area (Å²) < 4.78 is 5.50. The minimum absolute atomic E-state index is 0. The maximum atomic E-state index is 11.8.